The van der Waals surface area contributed by atoms with Crippen LogP contribution in [0, 0.1) is 17.6 Å². The monoisotopic (exact) mass is 931 g/mol. The third kappa shape index (κ3) is 7.62. The fraction of sp³-hybridized carbons (Fsp3) is 0.325. The van der Waals surface area contributed by atoms with Crippen molar-refractivity contribution in [1.82, 2.24) is 49.2 Å². The zero-order valence-electron chi connectivity index (χ0n) is 33.3. The quantitative estimate of drug-likeness (QED) is 0.113. The Hall–Kier alpha value is -6.36. The van der Waals surface area contributed by atoms with Crippen molar-refractivity contribution in [2.45, 2.75) is 56.7 Å². The van der Waals surface area contributed by atoms with Gasteiger partial charge < -0.3 is 5.32 Å². The summed E-state index contributed by atoms with van der Waals surface area (Å²) in [5.41, 5.74) is -2.53. The highest BCUT2D eigenvalue weighted by atomic mass is 35.5. The Morgan fingerprint density at radius 2 is 1.77 bits per heavy atom. The molecule has 334 valence electrons. The Bertz CT molecular complexity index is 3210. The van der Waals surface area contributed by atoms with E-state index in [0.717, 1.165) is 23.0 Å². The lowest BCUT2D eigenvalue weighted by Gasteiger charge is -2.24. The number of rotatable bonds is 14. The summed E-state index contributed by atoms with van der Waals surface area (Å²) in [7, 11) is -2.51. The van der Waals surface area contributed by atoms with Gasteiger partial charge in [0.1, 0.15) is 41.1 Å². The van der Waals surface area contributed by atoms with Crippen LogP contribution >= 0.6 is 11.6 Å². The molecule has 5 aromatic heterocycles. The lowest BCUT2D eigenvalue weighted by Crippen LogP contribution is -2.38. The van der Waals surface area contributed by atoms with Gasteiger partial charge in [-0.2, -0.15) is 24.1 Å². The number of alkyl halides is 5. The maximum Gasteiger partial charge on any atom is 0.293 e. The van der Waals surface area contributed by atoms with E-state index >= 15 is 8.78 Å². The number of hydrogen-bond donors (Lipinski definition) is 2. The minimum absolute atomic E-state index is 0.00283. The van der Waals surface area contributed by atoms with Crippen molar-refractivity contribution < 1.29 is 43.9 Å². The molecule has 2 aliphatic rings. The number of halogens is 8. The molecule has 0 unspecified atom stereocenters. The molecule has 2 N–H and O–H groups in total. The summed E-state index contributed by atoms with van der Waals surface area (Å²) >= 11 is 6.62. The van der Waals surface area contributed by atoms with E-state index in [0.29, 0.717) is 16.4 Å². The number of sulfonamides is 1. The summed E-state index contributed by atoms with van der Waals surface area (Å²) in [6.07, 6.45) is -1.08. The zero-order valence-corrected chi connectivity index (χ0v) is 34.9. The molecule has 64 heavy (non-hydrogen) atoms. The fourth-order valence-corrected chi connectivity index (χ4v) is 9.18. The second-order valence-corrected chi connectivity index (χ2v) is 17.8. The van der Waals surface area contributed by atoms with Crippen molar-refractivity contribution in [2.24, 2.45) is 13.0 Å². The molecule has 2 aromatic carbocycles. The first-order valence-corrected chi connectivity index (χ1v) is 21.8. The molecule has 7 aromatic rings. The van der Waals surface area contributed by atoms with Gasteiger partial charge in [-0.1, -0.05) is 11.6 Å². The SMILES string of the molecule is Cn1nc(NS(C)(=O)=O)c2c(Cl)ccc(-n3c([C@H](Cc4cc(F)cc(F)c4)NC(=O)Cn4nc(C(F)F)c5c4C(F)(F)[C@@H]4C[C@H]54)nc4nc(-c5ccn(CCCF)n5)ccc4c3=O)c21. The van der Waals surface area contributed by atoms with Crippen LogP contribution < -0.4 is 15.6 Å². The first-order chi connectivity index (χ1) is 30.3. The number of anilines is 1. The normalized spacial score (nSPS) is 17.0. The van der Waals surface area contributed by atoms with Crippen LogP contribution in [0.3, 0.4) is 0 Å². The van der Waals surface area contributed by atoms with Gasteiger partial charge in [0, 0.05) is 43.8 Å². The molecule has 0 radical (unpaired) electrons. The van der Waals surface area contributed by atoms with Gasteiger partial charge >= 0.3 is 0 Å². The molecule has 1 amide bonds. The number of nitrogens with zero attached hydrogens (tertiary/aromatic N) is 9. The van der Waals surface area contributed by atoms with E-state index in [2.05, 4.69) is 30.3 Å². The van der Waals surface area contributed by atoms with Gasteiger partial charge in [0.15, 0.2) is 11.5 Å². The van der Waals surface area contributed by atoms with Crippen molar-refractivity contribution in [1.29, 1.82) is 0 Å². The van der Waals surface area contributed by atoms with Crippen LogP contribution in [0.2, 0.25) is 5.02 Å². The molecule has 0 aliphatic heterocycles. The first kappa shape index (κ1) is 42.9. The number of fused-ring (bicyclic) bond motifs is 5. The standard InChI is InChI=1S/C40H33ClF7N11O4S/c1-56-33-28(7-5-24(41)31(33)37(54-56)55-64(2,62)63)59-38(51-36-21(39(59)61)4-6-25(50-36)26-8-11-57(52-26)10-3-9-42)27(14-18-12-19(43)15-20(44)13-18)49-29(60)17-58-34-30(32(53-58)35(45)46)22-16-23(22)40(34,47)48/h4-8,11-13,15,22-23,27,35H,3,9-10,14,16-17H2,1-2H3,(H,49,60)(H,54,55)/t22-,23+,27-/m0/s1. The van der Waals surface area contributed by atoms with E-state index in [4.69, 9.17) is 16.6 Å². The second kappa shape index (κ2) is 15.7. The molecular formula is C40H33ClF7N11O4S. The van der Waals surface area contributed by atoms with Crippen LogP contribution in [0.1, 0.15) is 59.6 Å². The number of hydrogen-bond acceptors (Lipinski definition) is 9. The predicted molar refractivity (Wildman–Crippen MR) is 218 cm³/mol. The summed E-state index contributed by atoms with van der Waals surface area (Å²) < 4.78 is 133. The molecule has 3 atom stereocenters. The Kier molecular flexibility index (Phi) is 10.5. The van der Waals surface area contributed by atoms with Crippen molar-refractivity contribution in [3.05, 3.63) is 110 Å². The van der Waals surface area contributed by atoms with E-state index in [1.807, 2.05) is 0 Å². The van der Waals surface area contributed by atoms with E-state index in [1.54, 1.807) is 12.3 Å². The fourth-order valence-electron chi connectivity index (χ4n) is 8.45. The van der Waals surface area contributed by atoms with Crippen LogP contribution in [-0.2, 0) is 47.3 Å². The zero-order chi connectivity index (χ0) is 45.6. The molecule has 24 heteroatoms. The second-order valence-electron chi connectivity index (χ2n) is 15.6. The predicted octanol–water partition coefficient (Wildman–Crippen LogP) is 6.64. The van der Waals surface area contributed by atoms with E-state index < -0.39 is 94.4 Å². The number of benzene rings is 2. The average molecular weight is 932 g/mol. The lowest BCUT2D eigenvalue weighted by atomic mass is 10.0. The number of amides is 1. The van der Waals surface area contributed by atoms with Crippen LogP contribution in [0.15, 0.2) is 59.5 Å². The maximum atomic E-state index is 15.5. The molecule has 2 aliphatic carbocycles. The maximum absolute atomic E-state index is 15.5. The molecule has 1 saturated carbocycles. The summed E-state index contributed by atoms with van der Waals surface area (Å²) in [6.45, 7) is -1.34. The number of pyridine rings is 1. The Balaban J connectivity index is 1.24. The van der Waals surface area contributed by atoms with Gasteiger partial charge in [-0.25, -0.2) is 35.9 Å². The number of carbonyl (C=O) groups is 1. The van der Waals surface area contributed by atoms with Gasteiger partial charge in [-0.05, 0) is 66.8 Å². The van der Waals surface area contributed by atoms with Gasteiger partial charge in [-0.3, -0.25) is 37.3 Å². The van der Waals surface area contributed by atoms with Crippen molar-refractivity contribution in [3.8, 4) is 17.1 Å². The van der Waals surface area contributed by atoms with Crippen LogP contribution in [0.25, 0.3) is 39.0 Å². The minimum Gasteiger partial charge on any atom is -0.344 e. The van der Waals surface area contributed by atoms with Crippen molar-refractivity contribution >= 4 is 55.3 Å². The van der Waals surface area contributed by atoms with Gasteiger partial charge in [0.25, 0.3) is 17.9 Å². The molecule has 0 spiro atoms. The van der Waals surface area contributed by atoms with E-state index in [9.17, 15) is 40.0 Å². The molecule has 1 fully saturated rings. The Morgan fingerprint density at radius 1 is 1.02 bits per heavy atom. The Morgan fingerprint density at radius 3 is 2.47 bits per heavy atom. The number of carbonyl (C=O) groups excluding carboxylic acids is 1. The Labute approximate surface area is 361 Å². The number of nitrogens with one attached hydrogen (secondary N) is 2. The highest BCUT2D eigenvalue weighted by Gasteiger charge is 2.67. The van der Waals surface area contributed by atoms with Crippen LogP contribution in [-0.4, -0.2) is 71.1 Å². The van der Waals surface area contributed by atoms with E-state index in [-0.39, 0.29) is 80.5 Å². The molecule has 15 nitrogen and oxygen atoms in total. The molecule has 0 bridgehead atoms. The minimum atomic E-state index is -3.94. The van der Waals surface area contributed by atoms with Crippen molar-refractivity contribution in [2.75, 3.05) is 17.7 Å². The summed E-state index contributed by atoms with van der Waals surface area (Å²) in [5.74, 6) is -9.31. The van der Waals surface area contributed by atoms with Gasteiger partial charge in [0.2, 0.25) is 15.9 Å². The topological polar surface area (TPSA) is 177 Å². The summed E-state index contributed by atoms with van der Waals surface area (Å²) in [6, 6.07) is 8.13. The number of aryl methyl sites for hydroxylation is 2. The highest BCUT2D eigenvalue weighted by Crippen LogP contribution is 2.68. The summed E-state index contributed by atoms with van der Waals surface area (Å²) in [5, 5.41) is 15.0. The van der Waals surface area contributed by atoms with E-state index in [1.165, 1.54) is 40.7 Å². The van der Waals surface area contributed by atoms with Gasteiger partial charge in [0.05, 0.1) is 51.7 Å². The summed E-state index contributed by atoms with van der Waals surface area (Å²) in [4.78, 5) is 38.5. The average Bonchev–Trinajstić information content (AvgIpc) is 3.43. The van der Waals surface area contributed by atoms with Crippen LogP contribution in [0.5, 0.6) is 0 Å². The van der Waals surface area contributed by atoms with Crippen LogP contribution in [0.4, 0.5) is 36.6 Å². The lowest BCUT2D eigenvalue weighted by molar-refractivity contribution is -0.123. The smallest absolute Gasteiger partial charge is 0.293 e. The third-order valence-electron chi connectivity index (χ3n) is 11.1. The molecule has 0 saturated heterocycles. The molecule has 5 heterocycles. The first-order valence-electron chi connectivity index (χ1n) is 19.5. The highest BCUT2D eigenvalue weighted by molar-refractivity contribution is 7.92. The molecular weight excluding hydrogens is 899 g/mol. The largest absolute Gasteiger partial charge is 0.344 e. The number of aromatic nitrogens is 9. The molecule has 9 rings (SSSR count). The van der Waals surface area contributed by atoms with Gasteiger partial charge in [-0.15, -0.1) is 0 Å². The van der Waals surface area contributed by atoms with Crippen molar-refractivity contribution in [3.63, 3.8) is 0 Å². The third-order valence-corrected chi connectivity index (χ3v) is 12.0.